The molecule has 0 bridgehead atoms. The van der Waals surface area contributed by atoms with Gasteiger partial charge in [0.05, 0.1) is 6.04 Å². The molecule has 2 unspecified atom stereocenters. The average molecular weight is 488 g/mol. The maximum atomic E-state index is 11.5. The zero-order chi connectivity index (χ0) is 22.1. The highest BCUT2D eigenvalue weighted by molar-refractivity contribution is 9.10. The minimum Gasteiger partial charge on any atom is -0.463 e. The lowest BCUT2D eigenvalue weighted by atomic mass is 10.1. The van der Waals surface area contributed by atoms with Gasteiger partial charge >= 0.3 is 5.97 Å². The van der Waals surface area contributed by atoms with E-state index in [1.165, 1.54) is 0 Å². The molecule has 3 aromatic rings. The van der Waals surface area contributed by atoms with Crippen molar-refractivity contribution < 1.29 is 19.2 Å². The summed E-state index contributed by atoms with van der Waals surface area (Å²) >= 11 is 3.42. The number of aromatic nitrogens is 2. The van der Waals surface area contributed by atoms with E-state index >= 15 is 0 Å². The summed E-state index contributed by atoms with van der Waals surface area (Å²) in [5.74, 6) is 0.617. The number of aliphatic hydroxyl groups excluding tert-OH is 1. The van der Waals surface area contributed by atoms with Crippen LogP contribution in [0.4, 0.5) is 0 Å². The molecule has 0 aliphatic heterocycles. The zero-order valence-corrected chi connectivity index (χ0v) is 18.9. The van der Waals surface area contributed by atoms with Crippen molar-refractivity contribution in [3.8, 4) is 11.4 Å². The van der Waals surface area contributed by atoms with E-state index < -0.39 is 6.10 Å². The number of carbonyl (C=O) groups excluding carboxylic acids is 1. The van der Waals surface area contributed by atoms with Crippen LogP contribution < -0.4 is 5.32 Å². The minimum absolute atomic E-state index is 0.0577. The Hall–Kier alpha value is -2.55. The number of esters is 1. The number of aliphatic hydroxyl groups is 1. The fourth-order valence-corrected chi connectivity index (χ4v) is 3.26. The summed E-state index contributed by atoms with van der Waals surface area (Å²) in [6.07, 6.45) is 0.820. The van der Waals surface area contributed by atoms with Crippen LogP contribution in [-0.4, -0.2) is 40.5 Å². The van der Waals surface area contributed by atoms with E-state index in [0.717, 1.165) is 15.6 Å². The largest absolute Gasteiger partial charge is 0.463 e. The molecule has 0 amide bonds. The highest BCUT2D eigenvalue weighted by Gasteiger charge is 2.21. The van der Waals surface area contributed by atoms with Gasteiger partial charge in [0.2, 0.25) is 11.7 Å². The predicted molar refractivity (Wildman–Crippen MR) is 120 cm³/mol. The lowest BCUT2D eigenvalue weighted by Gasteiger charge is -2.18. The van der Waals surface area contributed by atoms with Crippen molar-refractivity contribution in [2.24, 2.45) is 0 Å². The quantitative estimate of drug-likeness (QED) is 0.393. The summed E-state index contributed by atoms with van der Waals surface area (Å²) in [6.45, 7) is 2.06. The summed E-state index contributed by atoms with van der Waals surface area (Å²) in [5, 5.41) is 17.6. The molecule has 2 atom stereocenters. The standard InChI is InChI=1S/C23H26BrN3O4/c1-2-6-21(29)30-15-19(28)14-25-20(13-16-7-4-3-5-8-16)23-26-22(27-31-23)17-9-11-18(24)12-10-17/h3-5,7-12,19-20,25,28H,2,6,13-15H2,1H3. The zero-order valence-electron chi connectivity index (χ0n) is 17.3. The molecule has 0 spiro atoms. The lowest BCUT2D eigenvalue weighted by molar-refractivity contribution is -0.146. The number of ether oxygens (including phenoxy) is 1. The molecule has 0 fully saturated rings. The number of hydrogen-bond acceptors (Lipinski definition) is 7. The number of nitrogens with one attached hydrogen (secondary N) is 1. The first kappa shape index (κ1) is 23.1. The van der Waals surface area contributed by atoms with Crippen LogP contribution in [0.5, 0.6) is 0 Å². The number of halogens is 1. The van der Waals surface area contributed by atoms with Gasteiger partial charge < -0.3 is 19.7 Å². The van der Waals surface area contributed by atoms with Crippen molar-refractivity contribution in [3.63, 3.8) is 0 Å². The Morgan fingerprint density at radius 1 is 1.19 bits per heavy atom. The van der Waals surface area contributed by atoms with Gasteiger partial charge in [-0.1, -0.05) is 58.3 Å². The van der Waals surface area contributed by atoms with Crippen molar-refractivity contribution in [2.45, 2.75) is 38.3 Å². The number of hydrogen-bond donors (Lipinski definition) is 2. The molecular formula is C23H26BrN3O4. The van der Waals surface area contributed by atoms with E-state index in [-0.39, 0.29) is 25.2 Å². The van der Waals surface area contributed by atoms with Crippen LogP contribution in [0.1, 0.15) is 37.3 Å². The molecule has 0 aliphatic carbocycles. The predicted octanol–water partition coefficient (Wildman–Crippen LogP) is 4.08. The summed E-state index contributed by atoms with van der Waals surface area (Å²) in [5.41, 5.74) is 1.94. The molecule has 2 aromatic carbocycles. The molecular weight excluding hydrogens is 462 g/mol. The van der Waals surface area contributed by atoms with Crippen LogP contribution in [0.25, 0.3) is 11.4 Å². The third-order valence-corrected chi connectivity index (χ3v) is 5.14. The maximum absolute atomic E-state index is 11.5. The van der Waals surface area contributed by atoms with E-state index in [2.05, 4.69) is 31.4 Å². The van der Waals surface area contributed by atoms with Gasteiger partial charge in [0, 0.05) is 23.0 Å². The second-order valence-corrected chi connectivity index (χ2v) is 8.12. The number of nitrogens with zero attached hydrogens (tertiary/aromatic N) is 2. The third-order valence-electron chi connectivity index (χ3n) is 4.62. The highest BCUT2D eigenvalue weighted by atomic mass is 79.9. The monoisotopic (exact) mass is 487 g/mol. The molecule has 164 valence electrons. The second-order valence-electron chi connectivity index (χ2n) is 7.20. The molecule has 3 rings (SSSR count). The normalized spacial score (nSPS) is 13.0. The van der Waals surface area contributed by atoms with Crippen LogP contribution in [-0.2, 0) is 16.0 Å². The summed E-state index contributed by atoms with van der Waals surface area (Å²) in [6, 6.07) is 17.3. The molecule has 31 heavy (non-hydrogen) atoms. The first-order valence-corrected chi connectivity index (χ1v) is 11.0. The smallest absolute Gasteiger partial charge is 0.305 e. The number of rotatable bonds is 11. The van der Waals surface area contributed by atoms with Crippen molar-refractivity contribution in [1.29, 1.82) is 0 Å². The Labute approximate surface area is 190 Å². The minimum atomic E-state index is -0.840. The molecule has 2 N–H and O–H groups in total. The highest BCUT2D eigenvalue weighted by Crippen LogP contribution is 2.23. The Morgan fingerprint density at radius 2 is 1.94 bits per heavy atom. The average Bonchev–Trinajstić information content (AvgIpc) is 3.27. The second kappa shape index (κ2) is 11.7. The van der Waals surface area contributed by atoms with Crippen LogP contribution in [0, 0.1) is 0 Å². The molecule has 0 saturated carbocycles. The summed E-state index contributed by atoms with van der Waals surface area (Å²) < 4.78 is 11.6. The van der Waals surface area contributed by atoms with E-state index in [1.807, 2.05) is 61.5 Å². The summed E-state index contributed by atoms with van der Waals surface area (Å²) in [4.78, 5) is 16.1. The number of carbonyl (C=O) groups is 1. The maximum Gasteiger partial charge on any atom is 0.305 e. The number of benzene rings is 2. The van der Waals surface area contributed by atoms with Crippen LogP contribution >= 0.6 is 15.9 Å². The Kier molecular flexibility index (Phi) is 8.75. The van der Waals surface area contributed by atoms with Crippen LogP contribution in [0.3, 0.4) is 0 Å². The molecule has 0 radical (unpaired) electrons. The Balaban J connectivity index is 1.68. The SMILES string of the molecule is CCCC(=O)OCC(O)CNC(Cc1ccccc1)c1nc(-c2ccc(Br)cc2)no1. The van der Waals surface area contributed by atoms with E-state index in [1.54, 1.807) is 0 Å². The Morgan fingerprint density at radius 3 is 2.65 bits per heavy atom. The van der Waals surface area contributed by atoms with Gasteiger partial charge in [0.15, 0.2) is 0 Å². The van der Waals surface area contributed by atoms with Gasteiger partial charge in [0.1, 0.15) is 12.7 Å². The van der Waals surface area contributed by atoms with Gasteiger partial charge in [-0.15, -0.1) is 0 Å². The van der Waals surface area contributed by atoms with Crippen LogP contribution in [0.15, 0.2) is 63.6 Å². The molecule has 0 aliphatic rings. The summed E-state index contributed by atoms with van der Waals surface area (Å²) in [7, 11) is 0. The fourth-order valence-electron chi connectivity index (χ4n) is 2.99. The van der Waals surface area contributed by atoms with Crippen molar-refractivity contribution in [2.75, 3.05) is 13.2 Å². The van der Waals surface area contributed by atoms with Gasteiger partial charge in [0.25, 0.3) is 0 Å². The third kappa shape index (κ3) is 7.27. The van der Waals surface area contributed by atoms with Gasteiger partial charge in [-0.05, 0) is 42.7 Å². The molecule has 1 aromatic heterocycles. The van der Waals surface area contributed by atoms with E-state index in [4.69, 9.17) is 9.26 Å². The molecule has 0 saturated heterocycles. The fraction of sp³-hybridized carbons (Fsp3) is 0.348. The first-order chi connectivity index (χ1) is 15.0. The Bertz CT molecular complexity index is 947. The van der Waals surface area contributed by atoms with Crippen molar-refractivity contribution >= 4 is 21.9 Å². The van der Waals surface area contributed by atoms with E-state index in [9.17, 15) is 9.90 Å². The lowest BCUT2D eigenvalue weighted by Crippen LogP contribution is -2.34. The van der Waals surface area contributed by atoms with Crippen molar-refractivity contribution in [3.05, 3.63) is 70.5 Å². The topological polar surface area (TPSA) is 97.5 Å². The van der Waals surface area contributed by atoms with Gasteiger partial charge in [-0.25, -0.2) is 0 Å². The molecule has 1 heterocycles. The van der Waals surface area contributed by atoms with Crippen LogP contribution in [0.2, 0.25) is 0 Å². The van der Waals surface area contributed by atoms with Gasteiger partial charge in [-0.3, -0.25) is 4.79 Å². The van der Waals surface area contributed by atoms with Gasteiger partial charge in [-0.2, -0.15) is 4.98 Å². The first-order valence-electron chi connectivity index (χ1n) is 10.3. The van der Waals surface area contributed by atoms with E-state index in [0.29, 0.717) is 31.0 Å². The molecule has 7 nitrogen and oxygen atoms in total. The molecule has 8 heteroatoms. The van der Waals surface area contributed by atoms with Crippen molar-refractivity contribution in [1.82, 2.24) is 15.5 Å².